The summed E-state index contributed by atoms with van der Waals surface area (Å²) in [6.07, 6.45) is 3.84. The van der Waals surface area contributed by atoms with Gasteiger partial charge in [0.2, 0.25) is 0 Å². The molecule has 2 saturated heterocycles. The summed E-state index contributed by atoms with van der Waals surface area (Å²) in [7, 11) is 0. The third kappa shape index (κ3) is 9.40. The van der Waals surface area contributed by atoms with Crippen molar-refractivity contribution >= 4 is 29.9 Å². The van der Waals surface area contributed by atoms with Gasteiger partial charge in [0.1, 0.15) is 0 Å². The summed E-state index contributed by atoms with van der Waals surface area (Å²) < 4.78 is 5.39. The van der Waals surface area contributed by atoms with E-state index in [9.17, 15) is 0 Å². The fraction of sp³-hybridized carbons (Fsp3) is 0.944. The second-order valence-electron chi connectivity index (χ2n) is 6.89. The second-order valence-corrected chi connectivity index (χ2v) is 6.89. The van der Waals surface area contributed by atoms with E-state index in [1.165, 1.54) is 38.9 Å². The standard InChI is InChI=1S/C18H37N5O.HI/c1-3-8-22-9-5-17(6-10-22)16-21-18(19-4-2)20-7-11-23-12-14-24-15-13-23;/h17H,3-16H2,1-2H3,(H2,19,20,21);1H. The van der Waals surface area contributed by atoms with Crippen molar-refractivity contribution in [1.29, 1.82) is 0 Å². The third-order valence-electron chi connectivity index (χ3n) is 4.92. The van der Waals surface area contributed by atoms with Crippen molar-refractivity contribution in [3.63, 3.8) is 0 Å². The van der Waals surface area contributed by atoms with E-state index in [2.05, 4.69) is 34.3 Å². The predicted molar refractivity (Wildman–Crippen MR) is 116 cm³/mol. The van der Waals surface area contributed by atoms with Crippen LogP contribution in [0.25, 0.3) is 0 Å². The Morgan fingerprint density at radius 3 is 2.32 bits per heavy atom. The quantitative estimate of drug-likeness (QED) is 0.323. The van der Waals surface area contributed by atoms with Crippen molar-refractivity contribution < 1.29 is 4.74 Å². The lowest BCUT2D eigenvalue weighted by Crippen LogP contribution is -2.44. The minimum atomic E-state index is 0. The Labute approximate surface area is 171 Å². The van der Waals surface area contributed by atoms with Gasteiger partial charge in [0.15, 0.2) is 5.96 Å². The number of piperidine rings is 1. The van der Waals surface area contributed by atoms with Gasteiger partial charge in [0.05, 0.1) is 13.2 Å². The Morgan fingerprint density at radius 2 is 1.68 bits per heavy atom. The second kappa shape index (κ2) is 14.0. The van der Waals surface area contributed by atoms with Crippen LogP contribution in [0.3, 0.4) is 0 Å². The number of nitrogens with zero attached hydrogens (tertiary/aromatic N) is 3. The molecule has 25 heavy (non-hydrogen) atoms. The molecular weight excluding hydrogens is 429 g/mol. The number of likely N-dealkylation sites (tertiary alicyclic amines) is 1. The van der Waals surface area contributed by atoms with Crippen molar-refractivity contribution in [1.82, 2.24) is 20.4 Å². The number of morpholine rings is 1. The van der Waals surface area contributed by atoms with E-state index in [1.54, 1.807) is 0 Å². The maximum Gasteiger partial charge on any atom is 0.191 e. The molecule has 6 nitrogen and oxygen atoms in total. The SMILES string of the molecule is CCCN1CCC(CN=C(NCC)NCCN2CCOCC2)CC1.I. The molecule has 2 aliphatic rings. The number of hydrogen-bond donors (Lipinski definition) is 2. The Bertz CT molecular complexity index is 355. The van der Waals surface area contributed by atoms with Gasteiger partial charge in [-0.2, -0.15) is 0 Å². The molecule has 0 spiro atoms. The Morgan fingerprint density at radius 1 is 1.00 bits per heavy atom. The average molecular weight is 467 g/mol. The lowest BCUT2D eigenvalue weighted by Gasteiger charge is -2.31. The summed E-state index contributed by atoms with van der Waals surface area (Å²) in [5.41, 5.74) is 0. The predicted octanol–water partition coefficient (Wildman–Crippen LogP) is 1.61. The van der Waals surface area contributed by atoms with Crippen molar-refractivity contribution in [3.05, 3.63) is 0 Å². The molecule has 148 valence electrons. The molecule has 2 N–H and O–H groups in total. The molecule has 0 radical (unpaired) electrons. The molecule has 0 aliphatic carbocycles. The molecule has 2 aliphatic heterocycles. The van der Waals surface area contributed by atoms with Crippen LogP contribution >= 0.6 is 24.0 Å². The van der Waals surface area contributed by atoms with Gasteiger partial charge in [-0.1, -0.05) is 6.92 Å². The summed E-state index contributed by atoms with van der Waals surface area (Å²) in [6, 6.07) is 0. The summed E-state index contributed by atoms with van der Waals surface area (Å²) >= 11 is 0. The number of rotatable bonds is 8. The van der Waals surface area contributed by atoms with E-state index in [4.69, 9.17) is 9.73 Å². The fourth-order valence-electron chi connectivity index (χ4n) is 3.43. The maximum atomic E-state index is 5.39. The van der Waals surface area contributed by atoms with Gasteiger partial charge in [-0.15, -0.1) is 24.0 Å². The van der Waals surface area contributed by atoms with Gasteiger partial charge in [0.25, 0.3) is 0 Å². The molecule has 2 fully saturated rings. The van der Waals surface area contributed by atoms with E-state index in [-0.39, 0.29) is 24.0 Å². The first kappa shape index (κ1) is 22.9. The van der Waals surface area contributed by atoms with Crippen LogP contribution in [0.5, 0.6) is 0 Å². The van der Waals surface area contributed by atoms with Gasteiger partial charge < -0.3 is 20.3 Å². The van der Waals surface area contributed by atoms with Crippen LogP contribution in [0.1, 0.15) is 33.1 Å². The first-order chi connectivity index (χ1) is 11.8. The van der Waals surface area contributed by atoms with E-state index in [0.717, 1.165) is 64.4 Å². The van der Waals surface area contributed by atoms with E-state index < -0.39 is 0 Å². The zero-order valence-corrected chi connectivity index (χ0v) is 18.5. The molecule has 2 heterocycles. The van der Waals surface area contributed by atoms with E-state index in [0.29, 0.717) is 0 Å². The number of halogens is 1. The smallest absolute Gasteiger partial charge is 0.191 e. The highest BCUT2D eigenvalue weighted by Crippen LogP contribution is 2.17. The highest BCUT2D eigenvalue weighted by molar-refractivity contribution is 14.0. The van der Waals surface area contributed by atoms with Gasteiger partial charge >= 0.3 is 0 Å². The van der Waals surface area contributed by atoms with E-state index in [1.807, 2.05) is 0 Å². The summed E-state index contributed by atoms with van der Waals surface area (Å²) in [6.45, 7) is 15.8. The number of ether oxygens (including phenoxy) is 1. The summed E-state index contributed by atoms with van der Waals surface area (Å²) in [5, 5.41) is 6.86. The molecular formula is C18H38IN5O. The van der Waals surface area contributed by atoms with Crippen LogP contribution < -0.4 is 10.6 Å². The Balaban J connectivity index is 0.00000312. The first-order valence-corrected chi connectivity index (χ1v) is 9.86. The lowest BCUT2D eigenvalue weighted by atomic mass is 9.97. The van der Waals surface area contributed by atoms with Crippen molar-refractivity contribution in [3.8, 4) is 0 Å². The van der Waals surface area contributed by atoms with Crippen LogP contribution in [-0.4, -0.2) is 87.9 Å². The van der Waals surface area contributed by atoms with Crippen molar-refractivity contribution in [2.24, 2.45) is 10.9 Å². The fourth-order valence-corrected chi connectivity index (χ4v) is 3.43. The molecule has 0 saturated carbocycles. The molecule has 0 atom stereocenters. The number of nitrogens with one attached hydrogen (secondary N) is 2. The first-order valence-electron chi connectivity index (χ1n) is 9.86. The number of guanidine groups is 1. The monoisotopic (exact) mass is 467 g/mol. The number of hydrogen-bond acceptors (Lipinski definition) is 4. The van der Waals surface area contributed by atoms with Crippen LogP contribution in [0.4, 0.5) is 0 Å². The Kier molecular flexibility index (Phi) is 12.8. The molecule has 0 aromatic heterocycles. The highest BCUT2D eigenvalue weighted by atomic mass is 127. The molecule has 0 bridgehead atoms. The van der Waals surface area contributed by atoms with Gasteiger partial charge in [0, 0.05) is 39.3 Å². The van der Waals surface area contributed by atoms with Crippen molar-refractivity contribution in [2.45, 2.75) is 33.1 Å². The molecule has 0 amide bonds. The Hall–Kier alpha value is -0.120. The zero-order valence-electron chi connectivity index (χ0n) is 16.1. The topological polar surface area (TPSA) is 52.1 Å². The number of aliphatic imine (C=N–C) groups is 1. The maximum absolute atomic E-state index is 5.39. The minimum Gasteiger partial charge on any atom is -0.379 e. The van der Waals surface area contributed by atoms with Crippen LogP contribution in [-0.2, 0) is 4.74 Å². The van der Waals surface area contributed by atoms with Crippen LogP contribution in [0.2, 0.25) is 0 Å². The van der Waals surface area contributed by atoms with Crippen molar-refractivity contribution in [2.75, 3.05) is 72.1 Å². The summed E-state index contributed by atoms with van der Waals surface area (Å²) in [5.74, 6) is 1.72. The average Bonchev–Trinajstić information content (AvgIpc) is 2.62. The molecule has 0 aromatic carbocycles. The minimum absolute atomic E-state index is 0. The van der Waals surface area contributed by atoms with Crippen LogP contribution in [0, 0.1) is 5.92 Å². The molecule has 0 aromatic rings. The van der Waals surface area contributed by atoms with Gasteiger partial charge in [-0.3, -0.25) is 9.89 Å². The third-order valence-corrected chi connectivity index (χ3v) is 4.92. The summed E-state index contributed by atoms with van der Waals surface area (Å²) in [4.78, 5) is 9.86. The zero-order chi connectivity index (χ0) is 17.0. The van der Waals surface area contributed by atoms with Gasteiger partial charge in [-0.05, 0) is 51.7 Å². The largest absolute Gasteiger partial charge is 0.379 e. The molecule has 0 unspecified atom stereocenters. The van der Waals surface area contributed by atoms with Crippen LogP contribution in [0.15, 0.2) is 4.99 Å². The normalized spacial score (nSPS) is 21.0. The van der Waals surface area contributed by atoms with Gasteiger partial charge in [-0.25, -0.2) is 0 Å². The van der Waals surface area contributed by atoms with E-state index >= 15 is 0 Å². The molecule has 2 rings (SSSR count). The highest BCUT2D eigenvalue weighted by Gasteiger charge is 2.18. The lowest BCUT2D eigenvalue weighted by molar-refractivity contribution is 0.0389. The molecule has 7 heteroatoms.